The van der Waals surface area contributed by atoms with Crippen LogP contribution in [-0.4, -0.2) is 10.9 Å². The predicted molar refractivity (Wildman–Crippen MR) is 103 cm³/mol. The quantitative estimate of drug-likeness (QED) is 0.572. The second-order valence-electron chi connectivity index (χ2n) is 5.30. The van der Waals surface area contributed by atoms with Gasteiger partial charge in [0.1, 0.15) is 23.3 Å². The molecule has 3 aromatic rings. The Morgan fingerprint density at radius 1 is 0.893 bits per heavy atom. The summed E-state index contributed by atoms with van der Waals surface area (Å²) in [6.45, 7) is 0. The topological polar surface area (TPSA) is 68.0 Å². The fourth-order valence-corrected chi connectivity index (χ4v) is 2.39. The highest BCUT2D eigenvalue weighted by atomic mass is 35.5. The van der Waals surface area contributed by atoms with Crippen molar-refractivity contribution < 1.29 is 22.4 Å². The molecule has 1 heterocycles. The van der Waals surface area contributed by atoms with Gasteiger partial charge in [0, 0.05) is 6.20 Å². The Bertz CT molecular complexity index is 998. The minimum atomic E-state index is -1.39. The maximum Gasteiger partial charge on any atom is 0.258 e. The van der Waals surface area contributed by atoms with Crippen LogP contribution in [0, 0.1) is 23.3 Å². The molecule has 0 atom stereocenters. The maximum atomic E-state index is 14.8. The van der Waals surface area contributed by atoms with Gasteiger partial charge >= 0.3 is 0 Å². The summed E-state index contributed by atoms with van der Waals surface area (Å²) in [5, 5.41) is 2.32. The number of carbonyl (C=O) groups excluding carboxylic acids is 1. The zero-order chi connectivity index (χ0) is 18.8. The first kappa shape index (κ1) is 23.2. The third-order valence-corrected chi connectivity index (χ3v) is 3.65. The monoisotopic (exact) mass is 433 g/mol. The number of amides is 1. The molecule has 148 valence electrons. The number of hydrogen-bond acceptors (Lipinski definition) is 3. The number of anilines is 2. The molecular formula is C18H13Cl2F4N3O. The summed E-state index contributed by atoms with van der Waals surface area (Å²) < 4.78 is 56.7. The van der Waals surface area contributed by atoms with Gasteiger partial charge < -0.3 is 11.1 Å². The molecule has 0 radical (unpaired) electrons. The minimum absolute atomic E-state index is 0. The molecule has 0 saturated carbocycles. The van der Waals surface area contributed by atoms with Crippen molar-refractivity contribution in [2.45, 2.75) is 0 Å². The Labute approximate surface area is 169 Å². The molecular weight excluding hydrogens is 421 g/mol. The van der Waals surface area contributed by atoms with E-state index in [0.29, 0.717) is 0 Å². The van der Waals surface area contributed by atoms with Crippen LogP contribution in [0.15, 0.2) is 48.8 Å². The number of nitrogen functional groups attached to an aromatic ring is 1. The van der Waals surface area contributed by atoms with E-state index in [1.54, 1.807) is 0 Å². The fourth-order valence-electron chi connectivity index (χ4n) is 2.39. The van der Waals surface area contributed by atoms with Crippen molar-refractivity contribution in [3.63, 3.8) is 0 Å². The molecule has 0 spiro atoms. The number of halogens is 6. The zero-order valence-corrected chi connectivity index (χ0v) is 15.5. The predicted octanol–water partition coefficient (Wildman–Crippen LogP) is 4.98. The largest absolute Gasteiger partial charge is 0.397 e. The fraction of sp³-hybridized carbons (Fsp3) is 0. The van der Waals surface area contributed by atoms with Crippen LogP contribution in [0.1, 0.15) is 10.4 Å². The molecule has 0 aliphatic rings. The first-order chi connectivity index (χ1) is 12.4. The Kier molecular flexibility index (Phi) is 7.78. The number of nitrogens with two attached hydrogens (primary N) is 1. The van der Waals surface area contributed by atoms with Gasteiger partial charge in [0.2, 0.25) is 0 Å². The van der Waals surface area contributed by atoms with Gasteiger partial charge in [0.05, 0.1) is 34.3 Å². The number of nitrogens with one attached hydrogen (secondary N) is 1. The van der Waals surface area contributed by atoms with E-state index in [4.69, 9.17) is 5.73 Å². The summed E-state index contributed by atoms with van der Waals surface area (Å²) in [4.78, 5) is 16.1. The van der Waals surface area contributed by atoms with Crippen LogP contribution >= 0.6 is 24.8 Å². The van der Waals surface area contributed by atoms with Crippen molar-refractivity contribution in [3.8, 4) is 11.1 Å². The maximum absolute atomic E-state index is 14.8. The van der Waals surface area contributed by atoms with E-state index in [1.807, 2.05) is 0 Å². The normalized spacial score (nSPS) is 9.86. The molecule has 4 nitrogen and oxygen atoms in total. The zero-order valence-electron chi connectivity index (χ0n) is 13.9. The molecule has 2 aromatic carbocycles. The van der Waals surface area contributed by atoms with E-state index in [0.717, 1.165) is 30.3 Å². The van der Waals surface area contributed by atoms with Gasteiger partial charge in [-0.25, -0.2) is 17.6 Å². The number of benzene rings is 2. The van der Waals surface area contributed by atoms with Crippen LogP contribution in [0.4, 0.5) is 28.9 Å². The first-order valence-electron chi connectivity index (χ1n) is 7.33. The summed E-state index contributed by atoms with van der Waals surface area (Å²) in [6, 6.07) is 5.82. The summed E-state index contributed by atoms with van der Waals surface area (Å²) >= 11 is 0. The second-order valence-corrected chi connectivity index (χ2v) is 5.30. The molecule has 1 aromatic heterocycles. The van der Waals surface area contributed by atoms with Gasteiger partial charge in [-0.05, 0) is 30.3 Å². The Hall–Kier alpha value is -2.84. The Balaban J connectivity index is 0.00000196. The third kappa shape index (κ3) is 4.35. The van der Waals surface area contributed by atoms with E-state index in [9.17, 15) is 22.4 Å². The van der Waals surface area contributed by atoms with Gasteiger partial charge in [0.25, 0.3) is 5.91 Å². The first-order valence-corrected chi connectivity index (χ1v) is 7.33. The molecule has 0 unspecified atom stereocenters. The lowest BCUT2D eigenvalue weighted by Crippen LogP contribution is -2.16. The molecule has 0 aliphatic carbocycles. The van der Waals surface area contributed by atoms with Gasteiger partial charge in [-0.1, -0.05) is 6.07 Å². The molecule has 3 rings (SSSR count). The van der Waals surface area contributed by atoms with E-state index >= 15 is 0 Å². The lowest BCUT2D eigenvalue weighted by molar-refractivity contribution is 0.102. The van der Waals surface area contributed by atoms with E-state index in [2.05, 4.69) is 10.3 Å². The van der Waals surface area contributed by atoms with E-state index in [1.165, 1.54) is 18.5 Å². The van der Waals surface area contributed by atoms with Crippen LogP contribution in [0.25, 0.3) is 11.1 Å². The average Bonchev–Trinajstić information content (AvgIpc) is 2.59. The summed E-state index contributed by atoms with van der Waals surface area (Å²) in [5.74, 6) is -5.88. The SMILES string of the molecule is Cl.Cl.Nc1ccncc1NC(=O)c1ccc(F)c(-c2c(F)cccc2F)c1F. The number of aromatic nitrogens is 1. The minimum Gasteiger partial charge on any atom is -0.397 e. The summed E-state index contributed by atoms with van der Waals surface area (Å²) in [7, 11) is 0. The summed E-state index contributed by atoms with van der Waals surface area (Å²) in [6.07, 6.45) is 2.63. The lowest BCUT2D eigenvalue weighted by atomic mass is 9.99. The van der Waals surface area contributed by atoms with Crippen LogP contribution in [0.3, 0.4) is 0 Å². The highest BCUT2D eigenvalue weighted by molar-refractivity contribution is 6.06. The summed E-state index contributed by atoms with van der Waals surface area (Å²) in [5.41, 5.74) is 3.49. The van der Waals surface area contributed by atoms with Crippen molar-refractivity contribution in [3.05, 3.63) is 77.6 Å². The van der Waals surface area contributed by atoms with Gasteiger partial charge in [-0.15, -0.1) is 24.8 Å². The van der Waals surface area contributed by atoms with Crippen LogP contribution in [0.5, 0.6) is 0 Å². The number of nitrogens with zero attached hydrogens (tertiary/aromatic N) is 1. The number of hydrogen-bond donors (Lipinski definition) is 2. The smallest absolute Gasteiger partial charge is 0.258 e. The molecule has 0 bridgehead atoms. The van der Waals surface area contributed by atoms with Crippen molar-refractivity contribution in [1.29, 1.82) is 0 Å². The van der Waals surface area contributed by atoms with E-state index < -0.39 is 45.9 Å². The number of pyridine rings is 1. The average molecular weight is 434 g/mol. The van der Waals surface area contributed by atoms with Crippen LogP contribution < -0.4 is 11.1 Å². The van der Waals surface area contributed by atoms with Gasteiger partial charge in [-0.2, -0.15) is 0 Å². The molecule has 0 aliphatic heterocycles. The third-order valence-electron chi connectivity index (χ3n) is 3.65. The molecule has 0 fully saturated rings. The van der Waals surface area contributed by atoms with Crippen molar-refractivity contribution in [1.82, 2.24) is 4.98 Å². The number of rotatable bonds is 3. The molecule has 28 heavy (non-hydrogen) atoms. The lowest BCUT2D eigenvalue weighted by Gasteiger charge is -2.12. The second kappa shape index (κ2) is 9.38. The molecule has 3 N–H and O–H groups in total. The van der Waals surface area contributed by atoms with Crippen LogP contribution in [-0.2, 0) is 0 Å². The standard InChI is InChI=1S/C18H11F4N3O.2ClH/c19-10-2-1-3-11(20)15(10)16-12(21)5-4-9(17(16)22)18(26)25-14-8-24-7-6-13(14)23;;/h1-8H,(H2,23,24)(H,25,26);2*1H. The number of carbonyl (C=O) groups is 1. The highest BCUT2D eigenvalue weighted by Gasteiger charge is 2.24. The van der Waals surface area contributed by atoms with Crippen molar-refractivity contribution >= 4 is 42.1 Å². The van der Waals surface area contributed by atoms with E-state index in [-0.39, 0.29) is 36.2 Å². The Morgan fingerprint density at radius 2 is 1.50 bits per heavy atom. The Morgan fingerprint density at radius 3 is 2.11 bits per heavy atom. The van der Waals surface area contributed by atoms with Crippen LogP contribution in [0.2, 0.25) is 0 Å². The molecule has 10 heteroatoms. The van der Waals surface area contributed by atoms with Crippen molar-refractivity contribution in [2.24, 2.45) is 0 Å². The van der Waals surface area contributed by atoms with Crippen molar-refractivity contribution in [2.75, 3.05) is 11.1 Å². The molecule has 1 amide bonds. The molecule has 0 saturated heterocycles. The van der Waals surface area contributed by atoms with Gasteiger partial charge in [-0.3, -0.25) is 9.78 Å². The highest BCUT2D eigenvalue weighted by Crippen LogP contribution is 2.32. The van der Waals surface area contributed by atoms with Gasteiger partial charge in [0.15, 0.2) is 0 Å².